The molecule has 1 heterocycles. The number of hydrogen-bond donors (Lipinski definition) is 0. The summed E-state index contributed by atoms with van der Waals surface area (Å²) in [6, 6.07) is 17.3. The summed E-state index contributed by atoms with van der Waals surface area (Å²) in [6.07, 6.45) is 2.21. The second kappa shape index (κ2) is 7.50. The van der Waals surface area contributed by atoms with Crippen molar-refractivity contribution in [3.05, 3.63) is 83.4 Å². The van der Waals surface area contributed by atoms with Gasteiger partial charge in [0.25, 0.3) is 0 Å². The van der Waals surface area contributed by atoms with Gasteiger partial charge in [-0.1, -0.05) is 66.2 Å². The van der Waals surface area contributed by atoms with Gasteiger partial charge in [0.2, 0.25) is 0 Å². The summed E-state index contributed by atoms with van der Waals surface area (Å²) in [5, 5.41) is 0. The predicted octanol–water partition coefficient (Wildman–Crippen LogP) is 4.69. The maximum absolute atomic E-state index is 5.52. The van der Waals surface area contributed by atoms with Gasteiger partial charge in [0.15, 0.2) is 0 Å². The summed E-state index contributed by atoms with van der Waals surface area (Å²) in [5.74, 6) is 0. The minimum absolute atomic E-state index is 0.778. The molecule has 0 aromatic heterocycles. The van der Waals surface area contributed by atoms with Gasteiger partial charge in [-0.3, -0.25) is 0 Å². The van der Waals surface area contributed by atoms with Crippen molar-refractivity contribution < 1.29 is 4.74 Å². The smallest absolute Gasteiger partial charge is 0.0642 e. The topological polar surface area (TPSA) is 12.5 Å². The highest BCUT2D eigenvalue weighted by Gasteiger charge is 2.15. The molecule has 2 nitrogen and oxygen atoms in total. The van der Waals surface area contributed by atoms with E-state index in [1.165, 1.54) is 28.0 Å². The minimum Gasteiger partial charge on any atom is -0.378 e. The number of aryl methyl sites for hydroxylation is 2. The number of benzene rings is 2. The van der Waals surface area contributed by atoms with Gasteiger partial charge in [-0.25, -0.2) is 0 Å². The molecule has 0 N–H and O–H groups in total. The van der Waals surface area contributed by atoms with Crippen LogP contribution in [0.5, 0.6) is 0 Å². The molecule has 0 unspecified atom stereocenters. The van der Waals surface area contributed by atoms with E-state index in [-0.39, 0.29) is 0 Å². The van der Waals surface area contributed by atoms with Crippen LogP contribution in [0.15, 0.2) is 61.2 Å². The predicted molar refractivity (Wildman–Crippen MR) is 102 cm³/mol. The fourth-order valence-corrected chi connectivity index (χ4v) is 2.90. The summed E-state index contributed by atoms with van der Waals surface area (Å²) in [5.41, 5.74) is 7.20. The first-order valence-electron chi connectivity index (χ1n) is 8.51. The van der Waals surface area contributed by atoms with E-state index in [4.69, 9.17) is 4.74 Å². The quantitative estimate of drug-likeness (QED) is 0.758. The molecule has 2 aromatic carbocycles. The van der Waals surface area contributed by atoms with E-state index in [9.17, 15) is 0 Å². The van der Waals surface area contributed by atoms with Crippen molar-refractivity contribution >= 4 is 11.3 Å². The number of nitrogens with zero attached hydrogens (tertiary/aromatic N) is 1. The van der Waals surface area contributed by atoms with Crippen molar-refractivity contribution in [1.29, 1.82) is 0 Å². The molecule has 0 radical (unpaired) electrons. The third-order valence-corrected chi connectivity index (χ3v) is 4.43. The maximum atomic E-state index is 5.52. The van der Waals surface area contributed by atoms with Gasteiger partial charge >= 0.3 is 0 Å². The Balaban J connectivity index is 1.94. The van der Waals surface area contributed by atoms with E-state index in [2.05, 4.69) is 79.9 Å². The van der Waals surface area contributed by atoms with Crippen LogP contribution in [0.25, 0.3) is 11.3 Å². The lowest BCUT2D eigenvalue weighted by atomic mass is 10.0. The molecule has 124 valence electrons. The summed E-state index contributed by atoms with van der Waals surface area (Å²) in [7, 11) is 0. The zero-order valence-corrected chi connectivity index (χ0v) is 14.6. The molecule has 1 aliphatic heterocycles. The van der Waals surface area contributed by atoms with Crippen molar-refractivity contribution in [3.8, 4) is 0 Å². The fraction of sp³-hybridized carbons (Fsp3) is 0.273. The molecule has 1 fully saturated rings. The Morgan fingerprint density at radius 3 is 1.92 bits per heavy atom. The minimum atomic E-state index is 0.778. The number of rotatable bonds is 4. The van der Waals surface area contributed by atoms with Crippen LogP contribution in [0, 0.1) is 13.8 Å². The van der Waals surface area contributed by atoms with Crippen molar-refractivity contribution in [3.63, 3.8) is 0 Å². The SMILES string of the molecule is C=C(/C=C(/c1ccc(C)cc1)N1CCOCC1)c1ccc(C)cc1. The summed E-state index contributed by atoms with van der Waals surface area (Å²) in [6.45, 7) is 11.9. The Labute approximate surface area is 145 Å². The average Bonchev–Trinajstić information content (AvgIpc) is 2.62. The highest BCUT2D eigenvalue weighted by Crippen LogP contribution is 2.26. The van der Waals surface area contributed by atoms with Crippen LogP contribution in [0.3, 0.4) is 0 Å². The van der Waals surface area contributed by atoms with E-state index in [1.54, 1.807) is 0 Å². The summed E-state index contributed by atoms with van der Waals surface area (Å²) in [4.78, 5) is 2.40. The number of morpholine rings is 1. The Hall–Kier alpha value is -2.32. The molecule has 0 saturated carbocycles. The molecular weight excluding hydrogens is 294 g/mol. The molecule has 2 heteroatoms. The molecule has 3 rings (SSSR count). The van der Waals surface area contributed by atoms with Gasteiger partial charge in [0.05, 0.1) is 13.2 Å². The van der Waals surface area contributed by atoms with Crippen LogP contribution in [-0.2, 0) is 4.74 Å². The van der Waals surface area contributed by atoms with Gasteiger partial charge in [0, 0.05) is 18.8 Å². The first kappa shape index (κ1) is 16.5. The normalized spacial score (nSPS) is 15.4. The zero-order valence-electron chi connectivity index (χ0n) is 14.6. The maximum Gasteiger partial charge on any atom is 0.0642 e. The first-order chi connectivity index (χ1) is 11.6. The lowest BCUT2D eigenvalue weighted by Crippen LogP contribution is -2.35. The molecule has 0 spiro atoms. The van der Waals surface area contributed by atoms with Crippen molar-refractivity contribution in [2.75, 3.05) is 26.3 Å². The third-order valence-electron chi connectivity index (χ3n) is 4.43. The highest BCUT2D eigenvalue weighted by atomic mass is 16.5. The molecule has 0 aliphatic carbocycles. The second-order valence-electron chi connectivity index (χ2n) is 6.39. The molecule has 0 atom stereocenters. The number of ether oxygens (including phenoxy) is 1. The Morgan fingerprint density at radius 2 is 1.38 bits per heavy atom. The van der Waals surface area contributed by atoms with Gasteiger partial charge in [0.1, 0.15) is 0 Å². The Bertz CT molecular complexity index is 720. The van der Waals surface area contributed by atoms with Crippen LogP contribution in [0.4, 0.5) is 0 Å². The van der Waals surface area contributed by atoms with Crippen LogP contribution < -0.4 is 0 Å². The van der Waals surface area contributed by atoms with Crippen molar-refractivity contribution in [1.82, 2.24) is 4.90 Å². The van der Waals surface area contributed by atoms with Gasteiger partial charge < -0.3 is 9.64 Å². The van der Waals surface area contributed by atoms with Gasteiger partial charge in [-0.15, -0.1) is 0 Å². The lowest BCUT2D eigenvalue weighted by molar-refractivity contribution is 0.0640. The molecule has 0 bridgehead atoms. The summed E-state index contributed by atoms with van der Waals surface area (Å²) < 4.78 is 5.52. The molecule has 1 aliphatic rings. The lowest BCUT2D eigenvalue weighted by Gasteiger charge is -2.31. The van der Waals surface area contributed by atoms with Gasteiger partial charge in [-0.2, -0.15) is 0 Å². The zero-order chi connectivity index (χ0) is 16.9. The molecule has 0 amide bonds. The monoisotopic (exact) mass is 319 g/mol. The Kier molecular flexibility index (Phi) is 5.17. The first-order valence-corrected chi connectivity index (χ1v) is 8.51. The van der Waals surface area contributed by atoms with Crippen molar-refractivity contribution in [2.24, 2.45) is 0 Å². The third kappa shape index (κ3) is 3.95. The fourth-order valence-electron chi connectivity index (χ4n) is 2.90. The number of hydrogen-bond acceptors (Lipinski definition) is 2. The van der Waals surface area contributed by atoms with E-state index < -0.39 is 0 Å². The van der Waals surface area contributed by atoms with E-state index in [1.807, 2.05) is 0 Å². The summed E-state index contributed by atoms with van der Waals surface area (Å²) >= 11 is 0. The molecular formula is C22H25NO. The van der Waals surface area contributed by atoms with Crippen LogP contribution >= 0.6 is 0 Å². The van der Waals surface area contributed by atoms with E-state index in [0.717, 1.165) is 31.9 Å². The van der Waals surface area contributed by atoms with E-state index in [0.29, 0.717) is 0 Å². The second-order valence-corrected chi connectivity index (χ2v) is 6.39. The number of allylic oxidation sites excluding steroid dienone is 2. The van der Waals surface area contributed by atoms with Crippen LogP contribution in [0.1, 0.15) is 22.3 Å². The highest BCUT2D eigenvalue weighted by molar-refractivity contribution is 5.82. The Morgan fingerprint density at radius 1 is 0.875 bits per heavy atom. The van der Waals surface area contributed by atoms with Crippen molar-refractivity contribution in [2.45, 2.75) is 13.8 Å². The largest absolute Gasteiger partial charge is 0.378 e. The standard InChI is InChI=1S/C22H25NO/c1-17-4-8-20(9-5-17)19(3)16-22(23-12-14-24-15-13-23)21-10-6-18(2)7-11-21/h4-11,16H,3,12-15H2,1-2H3/b22-16-. The molecule has 2 aromatic rings. The average molecular weight is 319 g/mol. The van der Waals surface area contributed by atoms with Crippen LogP contribution in [0.2, 0.25) is 0 Å². The van der Waals surface area contributed by atoms with E-state index >= 15 is 0 Å². The van der Waals surface area contributed by atoms with Crippen LogP contribution in [-0.4, -0.2) is 31.2 Å². The molecule has 1 saturated heterocycles. The molecule has 24 heavy (non-hydrogen) atoms. The van der Waals surface area contributed by atoms with Gasteiger partial charge in [-0.05, 0) is 36.6 Å².